The second-order valence-corrected chi connectivity index (χ2v) is 4.43. The number of ketones is 1. The predicted molar refractivity (Wildman–Crippen MR) is 69.2 cm³/mol. The molecular weight excluding hydrogens is 247 g/mol. The molecule has 0 bridgehead atoms. The van der Waals surface area contributed by atoms with Crippen molar-refractivity contribution < 1.29 is 13.9 Å². The van der Waals surface area contributed by atoms with E-state index in [0.29, 0.717) is 17.0 Å². The van der Waals surface area contributed by atoms with Crippen molar-refractivity contribution in [2.24, 2.45) is 7.05 Å². The van der Waals surface area contributed by atoms with Gasteiger partial charge in [-0.05, 0) is 39.0 Å². The standard InChI is InChI=1S/C14H15FN2O2/c1-8-14(9(2)17(4)16-8)19-13-6-5-11(10(3)18)7-12(13)15/h5-7H,1-4H3. The summed E-state index contributed by atoms with van der Waals surface area (Å²) in [5, 5.41) is 4.20. The van der Waals surface area contributed by atoms with Gasteiger partial charge in [0.2, 0.25) is 0 Å². The lowest BCUT2D eigenvalue weighted by atomic mass is 10.1. The molecule has 0 atom stereocenters. The quantitative estimate of drug-likeness (QED) is 0.798. The van der Waals surface area contributed by atoms with Crippen LogP contribution in [0.25, 0.3) is 0 Å². The molecule has 0 spiro atoms. The summed E-state index contributed by atoms with van der Waals surface area (Å²) in [6.45, 7) is 5.03. The topological polar surface area (TPSA) is 44.1 Å². The number of halogens is 1. The van der Waals surface area contributed by atoms with E-state index in [1.807, 2.05) is 6.92 Å². The molecular formula is C14H15FN2O2. The van der Waals surface area contributed by atoms with E-state index in [1.165, 1.54) is 19.1 Å². The third-order valence-electron chi connectivity index (χ3n) is 2.99. The van der Waals surface area contributed by atoms with Gasteiger partial charge in [-0.3, -0.25) is 9.48 Å². The Bertz CT molecular complexity index is 647. The molecule has 1 aromatic heterocycles. The van der Waals surface area contributed by atoms with Crippen molar-refractivity contribution in [2.75, 3.05) is 0 Å². The average molecular weight is 262 g/mol. The molecule has 2 rings (SSSR count). The minimum absolute atomic E-state index is 0.0872. The normalized spacial score (nSPS) is 10.6. The number of carbonyl (C=O) groups excluding carboxylic acids is 1. The molecule has 19 heavy (non-hydrogen) atoms. The van der Waals surface area contributed by atoms with Crippen LogP contribution in [-0.4, -0.2) is 15.6 Å². The summed E-state index contributed by atoms with van der Waals surface area (Å²) in [7, 11) is 1.80. The van der Waals surface area contributed by atoms with E-state index in [9.17, 15) is 9.18 Å². The maximum Gasteiger partial charge on any atom is 0.171 e. The molecule has 0 amide bonds. The summed E-state index contributed by atoms with van der Waals surface area (Å²) in [6.07, 6.45) is 0. The Labute approximate surface area is 110 Å². The van der Waals surface area contributed by atoms with E-state index >= 15 is 0 Å². The Morgan fingerprint density at radius 2 is 2.05 bits per heavy atom. The number of carbonyl (C=O) groups is 1. The fourth-order valence-electron chi connectivity index (χ4n) is 1.81. The number of nitrogens with zero attached hydrogens (tertiary/aromatic N) is 2. The molecule has 0 aliphatic heterocycles. The highest BCUT2D eigenvalue weighted by Crippen LogP contribution is 2.30. The number of hydrogen-bond donors (Lipinski definition) is 0. The number of benzene rings is 1. The summed E-state index contributed by atoms with van der Waals surface area (Å²) in [6, 6.07) is 4.18. The Hall–Kier alpha value is -2.17. The van der Waals surface area contributed by atoms with Crippen LogP contribution in [0.2, 0.25) is 0 Å². The highest BCUT2D eigenvalue weighted by molar-refractivity contribution is 5.94. The Morgan fingerprint density at radius 3 is 2.53 bits per heavy atom. The van der Waals surface area contributed by atoms with Crippen LogP contribution in [0.5, 0.6) is 11.5 Å². The first kappa shape index (κ1) is 13.3. The second kappa shape index (κ2) is 4.84. The van der Waals surface area contributed by atoms with Gasteiger partial charge in [-0.15, -0.1) is 0 Å². The van der Waals surface area contributed by atoms with Crippen molar-refractivity contribution in [2.45, 2.75) is 20.8 Å². The van der Waals surface area contributed by atoms with Gasteiger partial charge >= 0.3 is 0 Å². The van der Waals surface area contributed by atoms with E-state index in [0.717, 1.165) is 5.69 Å². The molecule has 0 saturated heterocycles. The van der Waals surface area contributed by atoms with Crippen LogP contribution in [0.1, 0.15) is 28.7 Å². The summed E-state index contributed by atoms with van der Waals surface area (Å²) in [4.78, 5) is 11.2. The molecule has 100 valence electrons. The van der Waals surface area contributed by atoms with Crippen molar-refractivity contribution in [3.8, 4) is 11.5 Å². The van der Waals surface area contributed by atoms with E-state index < -0.39 is 5.82 Å². The fourth-order valence-corrected chi connectivity index (χ4v) is 1.81. The highest BCUT2D eigenvalue weighted by Gasteiger charge is 2.14. The van der Waals surface area contributed by atoms with Gasteiger partial charge in [0.15, 0.2) is 23.1 Å². The molecule has 1 heterocycles. The largest absolute Gasteiger partial charge is 0.450 e. The zero-order valence-electron chi connectivity index (χ0n) is 11.3. The molecule has 5 heteroatoms. The minimum atomic E-state index is -0.560. The lowest BCUT2D eigenvalue weighted by molar-refractivity contribution is 0.101. The summed E-state index contributed by atoms with van der Waals surface area (Å²) < 4.78 is 21.1. The van der Waals surface area contributed by atoms with E-state index in [-0.39, 0.29) is 11.5 Å². The van der Waals surface area contributed by atoms with Crippen LogP contribution in [0.3, 0.4) is 0 Å². The van der Waals surface area contributed by atoms with Crippen LogP contribution < -0.4 is 4.74 Å². The lowest BCUT2D eigenvalue weighted by Crippen LogP contribution is -1.96. The zero-order chi connectivity index (χ0) is 14.2. The third kappa shape index (κ3) is 2.50. The molecule has 0 fully saturated rings. The van der Waals surface area contributed by atoms with Crippen molar-refractivity contribution in [1.82, 2.24) is 9.78 Å². The van der Waals surface area contributed by atoms with E-state index in [4.69, 9.17) is 4.74 Å². The number of hydrogen-bond acceptors (Lipinski definition) is 3. The molecule has 1 aromatic carbocycles. The third-order valence-corrected chi connectivity index (χ3v) is 2.99. The summed E-state index contributed by atoms with van der Waals surface area (Å²) >= 11 is 0. The SMILES string of the molecule is CC(=O)c1ccc(Oc2c(C)nn(C)c2C)c(F)c1. The molecule has 0 N–H and O–H groups in total. The van der Waals surface area contributed by atoms with Crippen molar-refractivity contribution in [3.05, 3.63) is 41.0 Å². The van der Waals surface area contributed by atoms with Gasteiger partial charge in [0.25, 0.3) is 0 Å². The van der Waals surface area contributed by atoms with Gasteiger partial charge in [-0.2, -0.15) is 5.10 Å². The lowest BCUT2D eigenvalue weighted by Gasteiger charge is -2.08. The molecule has 0 aliphatic rings. The Balaban J connectivity index is 2.36. The number of aryl methyl sites for hydroxylation is 2. The predicted octanol–water partition coefficient (Wildman–Crippen LogP) is 3.17. The van der Waals surface area contributed by atoms with Gasteiger partial charge in [0, 0.05) is 12.6 Å². The number of rotatable bonds is 3. The smallest absolute Gasteiger partial charge is 0.171 e. The molecule has 0 radical (unpaired) electrons. The maximum absolute atomic E-state index is 13.9. The van der Waals surface area contributed by atoms with E-state index in [1.54, 1.807) is 24.7 Å². The molecule has 4 nitrogen and oxygen atoms in total. The van der Waals surface area contributed by atoms with Crippen LogP contribution in [-0.2, 0) is 7.05 Å². The number of aromatic nitrogens is 2. The second-order valence-electron chi connectivity index (χ2n) is 4.43. The van der Waals surface area contributed by atoms with E-state index in [2.05, 4.69) is 5.10 Å². The van der Waals surface area contributed by atoms with Crippen molar-refractivity contribution >= 4 is 5.78 Å². The Morgan fingerprint density at radius 1 is 1.37 bits per heavy atom. The van der Waals surface area contributed by atoms with Crippen molar-refractivity contribution in [3.63, 3.8) is 0 Å². The first-order valence-corrected chi connectivity index (χ1v) is 5.88. The van der Waals surface area contributed by atoms with Gasteiger partial charge < -0.3 is 4.74 Å². The van der Waals surface area contributed by atoms with Crippen LogP contribution in [0, 0.1) is 19.7 Å². The summed E-state index contributed by atoms with van der Waals surface area (Å²) in [5.41, 5.74) is 1.83. The molecule has 0 aliphatic carbocycles. The van der Waals surface area contributed by atoms with Crippen LogP contribution in [0.15, 0.2) is 18.2 Å². The van der Waals surface area contributed by atoms with Crippen molar-refractivity contribution in [1.29, 1.82) is 0 Å². The fraction of sp³-hybridized carbons (Fsp3) is 0.286. The first-order valence-electron chi connectivity index (χ1n) is 5.88. The van der Waals surface area contributed by atoms with Gasteiger partial charge in [-0.25, -0.2) is 4.39 Å². The highest BCUT2D eigenvalue weighted by atomic mass is 19.1. The van der Waals surface area contributed by atoms with Crippen LogP contribution >= 0.6 is 0 Å². The number of ether oxygens (including phenoxy) is 1. The maximum atomic E-state index is 13.9. The van der Waals surface area contributed by atoms with Gasteiger partial charge in [0.1, 0.15) is 5.69 Å². The van der Waals surface area contributed by atoms with Gasteiger partial charge in [-0.1, -0.05) is 0 Å². The van der Waals surface area contributed by atoms with Gasteiger partial charge in [0.05, 0.1) is 5.69 Å². The first-order chi connectivity index (χ1) is 8.90. The monoisotopic (exact) mass is 262 g/mol. The minimum Gasteiger partial charge on any atom is -0.450 e. The Kier molecular flexibility index (Phi) is 3.38. The molecule has 0 unspecified atom stereocenters. The molecule has 2 aromatic rings. The average Bonchev–Trinajstić information content (AvgIpc) is 2.58. The summed E-state index contributed by atoms with van der Waals surface area (Å²) in [5.74, 6) is -0.115. The zero-order valence-corrected chi connectivity index (χ0v) is 11.3. The van der Waals surface area contributed by atoms with Crippen LogP contribution in [0.4, 0.5) is 4.39 Å². The number of Topliss-reactive ketones (excluding diaryl/α,β-unsaturated/α-hetero) is 1. The molecule has 0 saturated carbocycles.